The van der Waals surface area contributed by atoms with Crippen molar-refractivity contribution in [1.82, 2.24) is 0 Å². The van der Waals surface area contributed by atoms with Crippen molar-refractivity contribution in [3.05, 3.63) is 35.4 Å². The Kier molecular flexibility index (Phi) is 3.16. The highest BCUT2D eigenvalue weighted by Gasteiger charge is 2.69. The lowest BCUT2D eigenvalue weighted by Crippen LogP contribution is -2.56. The maximum Gasteiger partial charge on any atom is 0.139 e. The van der Waals surface area contributed by atoms with Gasteiger partial charge in [0.05, 0.1) is 0 Å². The molecule has 5 rings (SSSR count). The molecule has 4 bridgehead atoms. The van der Waals surface area contributed by atoms with E-state index in [2.05, 4.69) is 58.9 Å². The average Bonchev–Trinajstić information content (AvgIpc) is 2.69. The number of benzene rings is 1. The summed E-state index contributed by atoms with van der Waals surface area (Å²) in [6, 6.07) is 8.82. The van der Waals surface area contributed by atoms with Crippen LogP contribution in [0.3, 0.4) is 0 Å². The van der Waals surface area contributed by atoms with Crippen molar-refractivity contribution < 1.29 is 4.79 Å². The quantitative estimate of drug-likeness (QED) is 0.717. The molecule has 6 atom stereocenters. The Labute approximate surface area is 140 Å². The Morgan fingerprint density at radius 3 is 2.52 bits per heavy atom. The third kappa shape index (κ3) is 1.88. The molecule has 0 saturated heterocycles. The van der Waals surface area contributed by atoms with Crippen molar-refractivity contribution in [2.24, 2.45) is 34.5 Å². The molecule has 1 aromatic carbocycles. The number of fused-ring (bicyclic) bond motifs is 1. The lowest BCUT2D eigenvalue weighted by molar-refractivity contribution is -0.151. The second-order valence-corrected chi connectivity index (χ2v) is 9.51. The number of carbonyl (C=O) groups is 1. The maximum absolute atomic E-state index is 13.0. The molecule has 0 amide bonds. The molecule has 1 heteroatoms. The highest BCUT2D eigenvalue weighted by atomic mass is 16.1. The normalized spacial score (nSPS) is 45.0. The van der Waals surface area contributed by atoms with Crippen molar-refractivity contribution in [3.63, 3.8) is 0 Å². The molecule has 0 N–H and O–H groups in total. The molecule has 4 aliphatic carbocycles. The summed E-state index contributed by atoms with van der Waals surface area (Å²) in [5.74, 6) is 3.74. The minimum absolute atomic E-state index is 0.149. The highest BCUT2D eigenvalue weighted by Crippen LogP contribution is 2.73. The number of hydrogen-bond acceptors (Lipinski definition) is 1. The summed E-state index contributed by atoms with van der Waals surface area (Å²) < 4.78 is 0. The Hall–Kier alpha value is -1.11. The van der Waals surface area contributed by atoms with E-state index in [0.29, 0.717) is 34.9 Å². The number of carbonyl (C=O) groups excluding carboxylic acids is 1. The van der Waals surface area contributed by atoms with Crippen LogP contribution in [0.1, 0.15) is 64.0 Å². The topological polar surface area (TPSA) is 17.1 Å². The third-order valence-electron chi connectivity index (χ3n) is 7.82. The molecule has 0 aromatic heterocycles. The number of aryl methyl sites for hydroxylation is 1. The highest BCUT2D eigenvalue weighted by molar-refractivity contribution is 5.88. The second-order valence-electron chi connectivity index (χ2n) is 9.51. The summed E-state index contributed by atoms with van der Waals surface area (Å²) in [4.78, 5) is 13.0. The zero-order valence-corrected chi connectivity index (χ0v) is 15.2. The molecule has 4 aliphatic rings. The summed E-state index contributed by atoms with van der Waals surface area (Å²) in [5, 5.41) is 0. The molecule has 4 fully saturated rings. The largest absolute Gasteiger partial charge is 0.299 e. The van der Waals surface area contributed by atoms with E-state index in [9.17, 15) is 4.79 Å². The monoisotopic (exact) mass is 310 g/mol. The first kappa shape index (κ1) is 15.4. The molecule has 124 valence electrons. The summed E-state index contributed by atoms with van der Waals surface area (Å²) in [7, 11) is 0. The lowest BCUT2D eigenvalue weighted by atomic mass is 9.44. The predicted octanol–water partition coefficient (Wildman–Crippen LogP) is 5.38. The van der Waals surface area contributed by atoms with Crippen LogP contribution in [-0.4, -0.2) is 5.78 Å². The van der Waals surface area contributed by atoms with Crippen molar-refractivity contribution in [1.29, 1.82) is 0 Å². The summed E-state index contributed by atoms with van der Waals surface area (Å²) in [6.45, 7) is 11.8. The molecule has 4 saturated carbocycles. The first-order chi connectivity index (χ1) is 10.8. The van der Waals surface area contributed by atoms with Crippen molar-refractivity contribution >= 4 is 5.78 Å². The van der Waals surface area contributed by atoms with Crippen LogP contribution in [0, 0.1) is 41.4 Å². The summed E-state index contributed by atoms with van der Waals surface area (Å²) in [5.41, 5.74) is 3.06. The molecule has 1 nitrogen and oxygen atoms in total. The minimum atomic E-state index is -0.149. The molecule has 23 heavy (non-hydrogen) atoms. The van der Waals surface area contributed by atoms with Crippen molar-refractivity contribution in [2.75, 3.05) is 0 Å². The van der Waals surface area contributed by atoms with E-state index in [0.717, 1.165) is 18.8 Å². The SMILES string of the molecule is Cc1ccccc1[C@H]1[C@H]2C3CC(=O)[C@]1(C)C[C@@]3(C)C[C@H]2C(C)C. The second kappa shape index (κ2) is 4.71. The lowest BCUT2D eigenvalue weighted by Gasteiger charge is -2.58. The van der Waals surface area contributed by atoms with Gasteiger partial charge >= 0.3 is 0 Å². The zero-order chi connectivity index (χ0) is 16.6. The first-order valence-electron chi connectivity index (χ1n) is 9.37. The van der Waals surface area contributed by atoms with Gasteiger partial charge in [0.25, 0.3) is 0 Å². The fourth-order valence-electron chi connectivity index (χ4n) is 6.90. The maximum atomic E-state index is 13.0. The van der Waals surface area contributed by atoms with Gasteiger partial charge in [-0.1, -0.05) is 52.0 Å². The fraction of sp³-hybridized carbons (Fsp3) is 0.682. The van der Waals surface area contributed by atoms with Gasteiger partial charge in [-0.15, -0.1) is 0 Å². The number of rotatable bonds is 2. The number of hydrogen-bond donors (Lipinski definition) is 0. The van der Waals surface area contributed by atoms with Crippen LogP contribution in [0.4, 0.5) is 0 Å². The van der Waals surface area contributed by atoms with E-state index in [1.165, 1.54) is 17.5 Å². The Morgan fingerprint density at radius 2 is 1.87 bits per heavy atom. The first-order valence-corrected chi connectivity index (χ1v) is 9.37. The van der Waals surface area contributed by atoms with Gasteiger partial charge in [0, 0.05) is 11.8 Å². The molecule has 0 heterocycles. The van der Waals surface area contributed by atoms with Gasteiger partial charge in [0.15, 0.2) is 0 Å². The van der Waals surface area contributed by atoms with E-state index in [1.54, 1.807) is 0 Å². The Balaban J connectivity index is 1.90. The van der Waals surface area contributed by atoms with Gasteiger partial charge < -0.3 is 0 Å². The van der Waals surface area contributed by atoms with E-state index in [-0.39, 0.29) is 5.41 Å². The summed E-state index contributed by atoms with van der Waals surface area (Å²) >= 11 is 0. The van der Waals surface area contributed by atoms with E-state index in [1.807, 2.05) is 0 Å². The molecule has 1 unspecified atom stereocenters. The van der Waals surface area contributed by atoms with Gasteiger partial charge in [-0.3, -0.25) is 4.79 Å². The Morgan fingerprint density at radius 1 is 1.17 bits per heavy atom. The molecule has 0 aliphatic heterocycles. The Bertz CT molecular complexity index is 660. The van der Waals surface area contributed by atoms with Crippen LogP contribution in [0.15, 0.2) is 24.3 Å². The van der Waals surface area contributed by atoms with Gasteiger partial charge in [-0.25, -0.2) is 0 Å². The molecular weight excluding hydrogens is 280 g/mol. The van der Waals surface area contributed by atoms with Gasteiger partial charge in [-0.05, 0) is 65.9 Å². The standard InChI is InChI=1S/C22H30O/c1-13(2)16-11-21(4)12-22(5)18(23)10-17(21)19(16)20(22)15-9-7-6-8-14(15)3/h6-9,13,16-17,19-20H,10-12H2,1-5H3/t16-,17?,19+,20-,21+,22-/m0/s1. The zero-order valence-electron chi connectivity index (χ0n) is 15.2. The van der Waals surface area contributed by atoms with Gasteiger partial charge in [-0.2, -0.15) is 0 Å². The third-order valence-corrected chi connectivity index (χ3v) is 7.82. The van der Waals surface area contributed by atoms with Gasteiger partial charge in [0.2, 0.25) is 0 Å². The van der Waals surface area contributed by atoms with E-state index in [4.69, 9.17) is 0 Å². The molecule has 1 aromatic rings. The van der Waals surface area contributed by atoms with Crippen LogP contribution in [0.5, 0.6) is 0 Å². The van der Waals surface area contributed by atoms with Crippen molar-refractivity contribution in [2.45, 2.75) is 59.8 Å². The van der Waals surface area contributed by atoms with Crippen LogP contribution in [0.25, 0.3) is 0 Å². The molecule has 0 spiro atoms. The average molecular weight is 310 g/mol. The van der Waals surface area contributed by atoms with Gasteiger partial charge in [0.1, 0.15) is 5.78 Å². The minimum Gasteiger partial charge on any atom is -0.299 e. The van der Waals surface area contributed by atoms with Crippen LogP contribution >= 0.6 is 0 Å². The van der Waals surface area contributed by atoms with Crippen LogP contribution in [-0.2, 0) is 4.79 Å². The van der Waals surface area contributed by atoms with Crippen LogP contribution in [0.2, 0.25) is 0 Å². The van der Waals surface area contributed by atoms with Crippen LogP contribution < -0.4 is 0 Å². The predicted molar refractivity (Wildman–Crippen MR) is 94.3 cm³/mol. The number of ketones is 1. The van der Waals surface area contributed by atoms with Crippen molar-refractivity contribution in [3.8, 4) is 0 Å². The fourth-order valence-corrected chi connectivity index (χ4v) is 6.90. The smallest absolute Gasteiger partial charge is 0.139 e. The molecule has 0 radical (unpaired) electrons. The van der Waals surface area contributed by atoms with E-state index >= 15 is 0 Å². The summed E-state index contributed by atoms with van der Waals surface area (Å²) in [6.07, 6.45) is 3.26. The molecular formula is C22H30O. The van der Waals surface area contributed by atoms with E-state index < -0.39 is 0 Å². The number of Topliss-reactive ketones (excluding diaryl/α,β-unsaturated/α-hetero) is 1.